The molecule has 1 aromatic carbocycles. The first-order valence-electron chi connectivity index (χ1n) is 6.24. The van der Waals surface area contributed by atoms with Crippen molar-refractivity contribution in [2.24, 2.45) is 5.16 Å². The molecule has 0 spiro atoms. The molecule has 7 heteroatoms. The predicted octanol–water partition coefficient (Wildman–Crippen LogP) is 3.29. The SMILES string of the molecule is O=C(ON=C1CCCCC1Cl)c1cccc([N+](=O)[O-])c1. The highest BCUT2D eigenvalue weighted by Gasteiger charge is 2.19. The van der Waals surface area contributed by atoms with E-state index in [-0.39, 0.29) is 16.6 Å². The Balaban J connectivity index is 2.06. The highest BCUT2D eigenvalue weighted by molar-refractivity contribution is 6.32. The molecule has 0 N–H and O–H groups in total. The molecule has 1 saturated carbocycles. The third-order valence-electron chi connectivity index (χ3n) is 3.04. The Kier molecular flexibility index (Phi) is 4.68. The van der Waals surface area contributed by atoms with E-state index in [1.165, 1.54) is 18.2 Å². The Bertz CT molecular complexity index is 559. The lowest BCUT2D eigenvalue weighted by Gasteiger charge is -2.17. The van der Waals surface area contributed by atoms with Crippen LogP contribution in [0.4, 0.5) is 5.69 Å². The van der Waals surface area contributed by atoms with Crippen LogP contribution >= 0.6 is 11.6 Å². The van der Waals surface area contributed by atoms with Crippen LogP contribution in [0.5, 0.6) is 0 Å². The zero-order valence-electron chi connectivity index (χ0n) is 10.6. The second-order valence-electron chi connectivity index (χ2n) is 4.48. The van der Waals surface area contributed by atoms with Gasteiger partial charge < -0.3 is 4.84 Å². The molecule has 0 aromatic heterocycles. The van der Waals surface area contributed by atoms with Crippen molar-refractivity contribution < 1.29 is 14.6 Å². The molecule has 1 aliphatic rings. The Morgan fingerprint density at radius 2 is 2.25 bits per heavy atom. The maximum atomic E-state index is 11.8. The molecule has 0 aliphatic heterocycles. The summed E-state index contributed by atoms with van der Waals surface area (Å²) in [6, 6.07) is 5.32. The number of non-ortho nitro benzene ring substituents is 1. The van der Waals surface area contributed by atoms with Crippen molar-refractivity contribution in [2.75, 3.05) is 0 Å². The van der Waals surface area contributed by atoms with Crippen LogP contribution in [0.15, 0.2) is 29.4 Å². The number of nitrogens with zero attached hydrogens (tertiary/aromatic N) is 2. The molecule has 1 unspecified atom stereocenters. The van der Waals surface area contributed by atoms with Crippen molar-refractivity contribution in [3.8, 4) is 0 Å². The van der Waals surface area contributed by atoms with Gasteiger partial charge in [-0.15, -0.1) is 11.6 Å². The maximum absolute atomic E-state index is 11.8. The first-order valence-corrected chi connectivity index (χ1v) is 6.68. The van der Waals surface area contributed by atoms with Gasteiger partial charge in [-0.3, -0.25) is 10.1 Å². The molecule has 1 fully saturated rings. The largest absolute Gasteiger partial charge is 0.365 e. The van der Waals surface area contributed by atoms with Crippen LogP contribution in [-0.4, -0.2) is 22.0 Å². The maximum Gasteiger partial charge on any atom is 0.365 e. The Morgan fingerprint density at radius 1 is 1.45 bits per heavy atom. The zero-order valence-corrected chi connectivity index (χ0v) is 11.4. The topological polar surface area (TPSA) is 81.8 Å². The number of oxime groups is 1. The first-order chi connectivity index (χ1) is 9.58. The lowest BCUT2D eigenvalue weighted by molar-refractivity contribution is -0.384. The van der Waals surface area contributed by atoms with Crippen molar-refractivity contribution in [2.45, 2.75) is 31.1 Å². The van der Waals surface area contributed by atoms with E-state index in [1.54, 1.807) is 0 Å². The minimum absolute atomic E-state index is 0.0884. The summed E-state index contributed by atoms with van der Waals surface area (Å²) in [5, 5.41) is 14.2. The lowest BCUT2D eigenvalue weighted by Crippen LogP contribution is -2.20. The van der Waals surface area contributed by atoms with E-state index in [2.05, 4.69) is 5.16 Å². The van der Waals surface area contributed by atoms with Crippen molar-refractivity contribution >= 4 is 29.0 Å². The van der Waals surface area contributed by atoms with Gasteiger partial charge in [0.15, 0.2) is 0 Å². The third kappa shape index (κ3) is 3.54. The van der Waals surface area contributed by atoms with Gasteiger partial charge in [0.25, 0.3) is 5.69 Å². The summed E-state index contributed by atoms with van der Waals surface area (Å²) < 4.78 is 0. The summed E-state index contributed by atoms with van der Waals surface area (Å²) in [4.78, 5) is 26.7. The average molecular weight is 297 g/mol. The molecule has 1 aliphatic carbocycles. The number of benzene rings is 1. The number of carbonyl (C=O) groups excluding carboxylic acids is 1. The van der Waals surface area contributed by atoms with E-state index in [0.29, 0.717) is 12.1 Å². The van der Waals surface area contributed by atoms with Crippen LogP contribution in [0.2, 0.25) is 0 Å². The van der Waals surface area contributed by atoms with E-state index in [0.717, 1.165) is 25.3 Å². The van der Waals surface area contributed by atoms with Gasteiger partial charge in [0.05, 0.1) is 21.6 Å². The van der Waals surface area contributed by atoms with Gasteiger partial charge >= 0.3 is 5.97 Å². The van der Waals surface area contributed by atoms with Crippen molar-refractivity contribution in [3.63, 3.8) is 0 Å². The summed E-state index contributed by atoms with van der Waals surface area (Å²) in [6.07, 6.45) is 3.52. The molecule has 6 nitrogen and oxygen atoms in total. The van der Waals surface area contributed by atoms with E-state index in [4.69, 9.17) is 16.4 Å². The van der Waals surface area contributed by atoms with Gasteiger partial charge in [0, 0.05) is 12.1 Å². The van der Waals surface area contributed by atoms with Gasteiger partial charge in [-0.1, -0.05) is 17.6 Å². The molecule has 1 aromatic rings. The number of nitro benzene ring substituents is 1. The molecule has 0 radical (unpaired) electrons. The van der Waals surface area contributed by atoms with Crippen molar-refractivity contribution in [1.82, 2.24) is 0 Å². The molecule has 0 heterocycles. The molecular formula is C13H13ClN2O4. The van der Waals surface area contributed by atoms with E-state index in [1.807, 2.05) is 0 Å². The monoisotopic (exact) mass is 296 g/mol. The number of alkyl halides is 1. The third-order valence-corrected chi connectivity index (χ3v) is 3.51. The molecule has 0 bridgehead atoms. The first kappa shape index (κ1) is 14.5. The van der Waals surface area contributed by atoms with Crippen LogP contribution in [0.25, 0.3) is 0 Å². The van der Waals surface area contributed by atoms with E-state index >= 15 is 0 Å². The zero-order chi connectivity index (χ0) is 14.5. The summed E-state index contributed by atoms with van der Waals surface area (Å²) in [7, 11) is 0. The standard InChI is InChI=1S/C13H13ClN2O4/c14-11-6-1-2-7-12(11)15-20-13(17)9-4-3-5-10(8-9)16(18)19/h3-5,8,11H,1-2,6-7H2. The van der Waals surface area contributed by atoms with Gasteiger partial charge in [-0.05, 0) is 25.3 Å². The molecule has 0 saturated heterocycles. The summed E-state index contributed by atoms with van der Waals surface area (Å²) in [5.41, 5.74) is 0.571. The Morgan fingerprint density at radius 3 is 2.95 bits per heavy atom. The highest BCUT2D eigenvalue weighted by Crippen LogP contribution is 2.21. The fourth-order valence-corrected chi connectivity index (χ4v) is 2.26. The number of hydrogen-bond donors (Lipinski definition) is 0. The highest BCUT2D eigenvalue weighted by atomic mass is 35.5. The Labute approximate surface area is 120 Å². The smallest absolute Gasteiger partial charge is 0.313 e. The van der Waals surface area contributed by atoms with Crippen LogP contribution < -0.4 is 0 Å². The minimum atomic E-state index is -0.726. The van der Waals surface area contributed by atoms with Crippen LogP contribution in [0, 0.1) is 10.1 Å². The van der Waals surface area contributed by atoms with E-state index in [9.17, 15) is 14.9 Å². The van der Waals surface area contributed by atoms with Crippen LogP contribution in [-0.2, 0) is 4.84 Å². The minimum Gasteiger partial charge on any atom is -0.313 e. The second kappa shape index (κ2) is 6.47. The summed E-state index contributed by atoms with van der Waals surface area (Å²) in [5.74, 6) is -0.726. The Hall–Kier alpha value is -1.95. The van der Waals surface area contributed by atoms with Gasteiger partial charge in [-0.2, -0.15) is 0 Å². The molecule has 0 amide bonds. The molecule has 106 valence electrons. The fourth-order valence-electron chi connectivity index (χ4n) is 1.95. The van der Waals surface area contributed by atoms with E-state index < -0.39 is 10.9 Å². The van der Waals surface area contributed by atoms with Gasteiger partial charge in [0.1, 0.15) is 0 Å². The second-order valence-corrected chi connectivity index (χ2v) is 5.01. The van der Waals surface area contributed by atoms with Gasteiger partial charge in [0.2, 0.25) is 0 Å². The summed E-state index contributed by atoms with van der Waals surface area (Å²) >= 11 is 6.07. The molecule has 1 atom stereocenters. The number of halogens is 1. The fraction of sp³-hybridized carbons (Fsp3) is 0.385. The predicted molar refractivity (Wildman–Crippen MR) is 74.1 cm³/mol. The molecular weight excluding hydrogens is 284 g/mol. The molecule has 2 rings (SSSR count). The normalized spacial score (nSPS) is 20.6. The average Bonchev–Trinajstić information content (AvgIpc) is 2.46. The number of rotatable bonds is 3. The molecule has 20 heavy (non-hydrogen) atoms. The lowest BCUT2D eigenvalue weighted by atomic mass is 9.98. The van der Waals surface area contributed by atoms with Crippen LogP contribution in [0.1, 0.15) is 36.0 Å². The summed E-state index contributed by atoms with van der Waals surface area (Å²) in [6.45, 7) is 0. The quantitative estimate of drug-likeness (QED) is 0.371. The van der Waals surface area contributed by atoms with Gasteiger partial charge in [-0.25, -0.2) is 4.79 Å². The van der Waals surface area contributed by atoms with Crippen molar-refractivity contribution in [3.05, 3.63) is 39.9 Å². The number of carbonyl (C=O) groups is 1. The van der Waals surface area contributed by atoms with Crippen LogP contribution in [0.3, 0.4) is 0 Å². The van der Waals surface area contributed by atoms with Crippen molar-refractivity contribution in [1.29, 1.82) is 0 Å². The number of nitro groups is 1. The number of hydrogen-bond acceptors (Lipinski definition) is 5.